The fourth-order valence-corrected chi connectivity index (χ4v) is 15.4. The highest BCUT2D eigenvalue weighted by Crippen LogP contribution is 2.68. The molecule has 0 saturated heterocycles. The van der Waals surface area contributed by atoms with Gasteiger partial charge in [0, 0.05) is 67.9 Å². The van der Waals surface area contributed by atoms with E-state index in [1.165, 1.54) is 39.2 Å². The third-order valence-corrected chi connectivity index (χ3v) is 20.8. The number of ether oxygens (including phenoxy) is 1. The number of aliphatic hydroxyl groups excluding tert-OH is 1. The highest BCUT2D eigenvalue weighted by atomic mass is 16.6. The lowest BCUT2D eigenvalue weighted by Gasteiger charge is -2.61. The van der Waals surface area contributed by atoms with Gasteiger partial charge in [0.25, 0.3) is 23.2 Å². The molecule has 98 heavy (non-hydrogen) atoms. The minimum atomic E-state index is -2.10. The zero-order chi connectivity index (χ0) is 72.8. The average molecular weight is 1380 g/mol. The average Bonchev–Trinajstić information content (AvgIpc) is 1.38. The number of hydrogen-bond acceptors (Lipinski definition) is 22. The molecule has 4 aliphatic carbocycles. The Morgan fingerprint density at radius 2 is 1.12 bits per heavy atom. The van der Waals surface area contributed by atoms with Crippen molar-refractivity contribution in [2.75, 3.05) is 47.4 Å². The number of aliphatic carboxylic acids is 2. The highest BCUT2D eigenvalue weighted by molar-refractivity contribution is 6.59. The zero-order valence-electron chi connectivity index (χ0n) is 56.6. The number of aliphatic hydroxyl groups is 1. The molecule has 0 aliphatic heterocycles. The summed E-state index contributed by atoms with van der Waals surface area (Å²) in [6.07, 6.45) is 13.8. The number of likely N-dealkylation sites (N-methyl/N-ethyl adjacent to an activating group) is 2. The molecule has 542 valence electrons. The monoisotopic (exact) mass is 1380 g/mol. The van der Waals surface area contributed by atoms with Gasteiger partial charge in [-0.25, -0.2) is 14.4 Å². The second kappa shape index (κ2) is 38.0. The van der Waals surface area contributed by atoms with Crippen molar-refractivity contribution >= 4 is 89.9 Å². The first-order valence-electron chi connectivity index (χ1n) is 33.6. The number of hydrogen-bond donors (Lipinski definition) is 16. The highest BCUT2D eigenvalue weighted by Gasteiger charge is 2.60. The van der Waals surface area contributed by atoms with Crippen LogP contribution in [0.25, 0.3) is 0 Å². The molecular weight excluding hydrogens is 1280 g/mol. The van der Waals surface area contributed by atoms with E-state index in [4.69, 9.17) is 5.73 Å². The number of nitro benzene ring substituents is 2. The summed E-state index contributed by atoms with van der Waals surface area (Å²) in [5.74, 6) is -3.61. The van der Waals surface area contributed by atoms with E-state index < -0.39 is 120 Å². The summed E-state index contributed by atoms with van der Waals surface area (Å²) in [5, 5.41) is 110. The first kappa shape index (κ1) is 81.0. The van der Waals surface area contributed by atoms with Crippen LogP contribution in [-0.4, -0.2) is 197 Å². The van der Waals surface area contributed by atoms with Crippen molar-refractivity contribution in [3.8, 4) is 0 Å². The van der Waals surface area contributed by atoms with Crippen LogP contribution in [0.1, 0.15) is 163 Å². The number of methoxy groups -OCH3 is 1. The van der Waals surface area contributed by atoms with Gasteiger partial charge in [-0.1, -0.05) is 27.2 Å². The summed E-state index contributed by atoms with van der Waals surface area (Å²) < 4.78 is 4.67. The van der Waals surface area contributed by atoms with E-state index in [1.54, 1.807) is 7.05 Å². The Hall–Kier alpha value is -7.72. The number of rotatable bonds is 36. The van der Waals surface area contributed by atoms with Crippen LogP contribution in [-0.2, 0) is 38.3 Å². The molecule has 6 amide bonds. The maximum atomic E-state index is 13.1. The predicted octanol–water partition coefficient (Wildman–Crippen LogP) is -0.387. The lowest BCUT2D eigenvalue weighted by atomic mass is 9.44. The molecule has 17 N–H and O–H groups in total. The summed E-state index contributed by atoms with van der Waals surface area (Å²) in [6.45, 7) is 6.98. The predicted molar refractivity (Wildman–Crippen MR) is 358 cm³/mol. The molecule has 0 radical (unpaired) electrons. The molecule has 4 fully saturated rings. The number of nitrogens with two attached hydrogens (primary N) is 1. The number of benzene rings is 2. The van der Waals surface area contributed by atoms with Crippen LogP contribution in [0.4, 0.5) is 11.4 Å². The molecule has 0 aromatic heterocycles. The van der Waals surface area contributed by atoms with E-state index in [-0.39, 0.29) is 78.3 Å². The lowest BCUT2D eigenvalue weighted by molar-refractivity contribution is -0.385. The molecule has 0 spiro atoms. The Kier molecular flexibility index (Phi) is 31.4. The Morgan fingerprint density at radius 1 is 0.612 bits per heavy atom. The Balaban J connectivity index is 0.000000454. The largest absolute Gasteiger partial charge is 0.488 e. The van der Waals surface area contributed by atoms with Crippen LogP contribution in [0.15, 0.2) is 36.4 Å². The summed E-state index contributed by atoms with van der Waals surface area (Å²) in [5.41, 5.74) is 3.75. The van der Waals surface area contributed by atoms with Gasteiger partial charge in [0.1, 0.15) is 18.1 Å². The molecule has 6 rings (SSSR count). The molecule has 34 heteroatoms. The normalized spacial score (nSPS) is 23.2. The number of carbonyl (C=O) groups excluding carboxylic acids is 7. The lowest BCUT2D eigenvalue weighted by Crippen LogP contribution is -2.54. The van der Waals surface area contributed by atoms with Crippen molar-refractivity contribution in [1.82, 2.24) is 42.5 Å². The van der Waals surface area contributed by atoms with Crippen LogP contribution < -0.4 is 59.2 Å². The maximum Gasteiger partial charge on any atom is 0.488 e. The molecule has 32 nitrogen and oxygen atoms in total. The third kappa shape index (κ3) is 22.4. The van der Waals surface area contributed by atoms with Crippen LogP contribution in [0.3, 0.4) is 0 Å². The van der Waals surface area contributed by atoms with Crippen molar-refractivity contribution in [2.24, 2.45) is 52.1 Å². The van der Waals surface area contributed by atoms with Crippen molar-refractivity contribution in [3.05, 3.63) is 67.8 Å². The number of carbonyl (C=O) groups is 9. The first-order chi connectivity index (χ1) is 46.3. The fourth-order valence-electron chi connectivity index (χ4n) is 15.4. The van der Waals surface area contributed by atoms with Crippen molar-refractivity contribution in [3.63, 3.8) is 0 Å². The standard InChI is InChI=1S/C46H71BN6O13.C18H28BN5O8/c1-26(33-11-12-34-32-10-9-28-23-31(54)16-18-45(28,2)35(32)17-19-46(33,34)3)8-14-40(56)51-37(43(59)60)13-15-39(55)49-20-6-5-7-36(48-4)42(58)52-38(44(61)62)25-50-41(57)27-21-29(47(63)64)24-30(22-27)53(65)66;1-21-14(5-3-4-6-20)17(26)23-15(18(27)32-2)10-22-16(25)11-7-12(19(28)29)9-13(8-11)24(30)31/h21-22,24,26,28,31-38,48,54,63-64H,5-20,23,25H2,1-4H3,(H,49,55)(H,50,57)(H,51,56)(H,52,58)(H,59,60)(H,61,62);7-9,14-15,21,28-29H,3-6,10,20H2,1-2H3,(H,22,25)(H,23,26)/t26?,28?,31?,32?,33?,34?,35?,36?,37?,38?,45-,46+;/m1./s1. The van der Waals surface area contributed by atoms with E-state index in [9.17, 15) is 98.8 Å². The molecule has 12 unspecified atom stereocenters. The number of unbranched alkanes of at least 4 members (excludes halogenated alkanes) is 2. The van der Waals surface area contributed by atoms with Gasteiger partial charge in [-0.3, -0.25) is 49.0 Å². The molecule has 4 aliphatic rings. The second-order valence-electron chi connectivity index (χ2n) is 26.9. The van der Waals surface area contributed by atoms with Crippen molar-refractivity contribution in [1.29, 1.82) is 0 Å². The van der Waals surface area contributed by atoms with Gasteiger partial charge < -0.3 is 88.4 Å². The molecule has 0 heterocycles. The van der Waals surface area contributed by atoms with E-state index >= 15 is 0 Å². The Bertz CT molecular complexity index is 3130. The smallest absolute Gasteiger partial charge is 0.480 e. The minimum Gasteiger partial charge on any atom is -0.480 e. The quantitative estimate of drug-likeness (QED) is 0.0136. The maximum absolute atomic E-state index is 13.1. The molecular formula is C64H99B2N11O21. The number of nitrogens with zero attached hydrogens (tertiary/aromatic N) is 2. The van der Waals surface area contributed by atoms with Gasteiger partial charge in [-0.15, -0.1) is 0 Å². The van der Waals surface area contributed by atoms with Gasteiger partial charge in [0.2, 0.25) is 23.6 Å². The number of fused-ring (bicyclic) bond motifs is 5. The van der Waals surface area contributed by atoms with E-state index in [1.807, 2.05) is 0 Å². The number of nitro groups is 2. The molecule has 2 aromatic carbocycles. The van der Waals surface area contributed by atoms with Gasteiger partial charge in [0.05, 0.1) is 35.1 Å². The molecule has 4 saturated carbocycles. The number of esters is 1. The van der Waals surface area contributed by atoms with E-state index in [0.717, 1.165) is 87.4 Å². The van der Waals surface area contributed by atoms with Crippen LogP contribution in [0.5, 0.6) is 0 Å². The van der Waals surface area contributed by atoms with Gasteiger partial charge in [-0.05, 0) is 193 Å². The van der Waals surface area contributed by atoms with Gasteiger partial charge >= 0.3 is 32.1 Å². The topological polar surface area (TPSA) is 513 Å². The summed E-state index contributed by atoms with van der Waals surface area (Å²) in [4.78, 5) is 133. The van der Waals surface area contributed by atoms with Crippen LogP contribution in [0.2, 0.25) is 0 Å². The number of amides is 6. The number of nitrogens with one attached hydrogen (secondary N) is 8. The SMILES string of the molecule is CNC(CCCCN)C(=O)NC(CNC(=O)c1cc(B(O)O)cc([N+](=O)[O-])c1)C(=O)OC.CNC(CCCCNC(=O)CCC(NC(=O)CCC(C)C1CCC2C3CCC4CC(O)CC[C@@]4(C)C3CC[C@@]12C)C(=O)O)C(=O)NC(CNC(=O)c1cc(B(O)O)cc([N+](=O)[O-])c1)C(=O)O. The van der Waals surface area contributed by atoms with Crippen molar-refractivity contribution < 1.29 is 93.1 Å². The second-order valence-corrected chi connectivity index (χ2v) is 26.9. The molecule has 2 aromatic rings. The Morgan fingerprint density at radius 3 is 1.63 bits per heavy atom. The first-order valence-corrected chi connectivity index (χ1v) is 33.6. The molecule has 14 atom stereocenters. The Labute approximate surface area is 569 Å². The van der Waals surface area contributed by atoms with Gasteiger partial charge in [-0.2, -0.15) is 0 Å². The summed E-state index contributed by atoms with van der Waals surface area (Å²) >= 11 is 0. The number of carboxylic acid groups (broad SMARTS) is 2. The number of non-ortho nitro benzene ring substituents is 2. The van der Waals surface area contributed by atoms with Crippen molar-refractivity contribution in [2.45, 2.75) is 179 Å². The van der Waals surface area contributed by atoms with Crippen LogP contribution >= 0.6 is 0 Å². The fraction of sp³-hybridized carbons (Fsp3) is 0.672. The minimum absolute atomic E-state index is 0.0859. The summed E-state index contributed by atoms with van der Waals surface area (Å²) in [7, 11) is 0.0859. The van der Waals surface area contributed by atoms with Gasteiger partial charge in [0.15, 0.2) is 0 Å². The van der Waals surface area contributed by atoms with Crippen LogP contribution in [0, 0.1) is 66.6 Å². The van der Waals surface area contributed by atoms with E-state index in [0.29, 0.717) is 67.7 Å². The number of carboxylic acids is 2. The molecule has 0 bridgehead atoms. The zero-order valence-corrected chi connectivity index (χ0v) is 56.6. The van der Waals surface area contributed by atoms with E-state index in [2.05, 4.69) is 68.0 Å². The summed E-state index contributed by atoms with van der Waals surface area (Å²) in [6, 6.07) is 0.233. The third-order valence-electron chi connectivity index (χ3n) is 20.8.